The Morgan fingerprint density at radius 1 is 1.26 bits per heavy atom. The van der Waals surface area contributed by atoms with Crippen molar-refractivity contribution >= 4 is 22.8 Å². The van der Waals surface area contributed by atoms with Crippen molar-refractivity contribution < 1.29 is 4.52 Å². The zero-order valence-electron chi connectivity index (χ0n) is 10.7. The maximum atomic E-state index is 5.96. The summed E-state index contributed by atoms with van der Waals surface area (Å²) in [5.41, 5.74) is 3.47. The highest BCUT2D eigenvalue weighted by Gasteiger charge is 2.13. The van der Waals surface area contributed by atoms with Crippen molar-refractivity contribution in [3.63, 3.8) is 0 Å². The van der Waals surface area contributed by atoms with Gasteiger partial charge in [-0.1, -0.05) is 5.16 Å². The number of nitrogens with zero attached hydrogens (tertiary/aromatic N) is 4. The minimum absolute atomic E-state index is 0.340. The standard InChI is InChI=1S/C13H13ClN4O/c1-8-3-4-11-13(15-8)18(12(6-14)16-11)7-10-5-9(2)19-17-10/h3-5H,6-7H2,1-2H3. The van der Waals surface area contributed by atoms with Crippen LogP contribution in [0, 0.1) is 13.8 Å². The van der Waals surface area contributed by atoms with Crippen LogP contribution >= 0.6 is 11.6 Å². The van der Waals surface area contributed by atoms with E-state index in [1.165, 1.54) is 0 Å². The number of halogens is 1. The molecular formula is C13H13ClN4O. The molecule has 0 atom stereocenters. The van der Waals surface area contributed by atoms with Crippen LogP contribution in [-0.2, 0) is 12.4 Å². The normalized spacial score (nSPS) is 11.3. The molecule has 0 N–H and O–H groups in total. The lowest BCUT2D eigenvalue weighted by Gasteiger charge is -2.04. The van der Waals surface area contributed by atoms with Gasteiger partial charge in [-0.05, 0) is 26.0 Å². The van der Waals surface area contributed by atoms with Gasteiger partial charge in [0.05, 0.1) is 12.4 Å². The fraction of sp³-hybridized carbons (Fsp3) is 0.308. The molecule has 3 rings (SSSR count). The fourth-order valence-corrected chi connectivity index (χ4v) is 2.27. The number of rotatable bonds is 3. The molecule has 0 bridgehead atoms. The van der Waals surface area contributed by atoms with Crippen LogP contribution in [-0.4, -0.2) is 19.7 Å². The third-order valence-corrected chi connectivity index (χ3v) is 3.17. The highest BCUT2D eigenvalue weighted by atomic mass is 35.5. The zero-order chi connectivity index (χ0) is 13.4. The molecular weight excluding hydrogens is 264 g/mol. The SMILES string of the molecule is Cc1ccc2nc(CCl)n(Cc3cc(C)on3)c2n1. The first-order chi connectivity index (χ1) is 9.17. The van der Waals surface area contributed by atoms with Crippen molar-refractivity contribution in [3.8, 4) is 0 Å². The van der Waals surface area contributed by atoms with Crippen LogP contribution in [0.1, 0.15) is 23.0 Å². The van der Waals surface area contributed by atoms with Crippen molar-refractivity contribution in [2.75, 3.05) is 0 Å². The first kappa shape index (κ1) is 12.2. The van der Waals surface area contributed by atoms with Gasteiger partial charge in [0.25, 0.3) is 0 Å². The summed E-state index contributed by atoms with van der Waals surface area (Å²) in [6, 6.07) is 5.80. The molecule has 0 amide bonds. The Hall–Kier alpha value is -1.88. The molecule has 0 aliphatic rings. The van der Waals surface area contributed by atoms with Crippen LogP contribution in [0.15, 0.2) is 22.7 Å². The Kier molecular flexibility index (Phi) is 2.98. The van der Waals surface area contributed by atoms with Crippen molar-refractivity contribution in [1.82, 2.24) is 19.7 Å². The second-order valence-electron chi connectivity index (χ2n) is 4.47. The predicted molar refractivity (Wildman–Crippen MR) is 72.2 cm³/mol. The number of imidazole rings is 1. The Morgan fingerprint density at radius 2 is 2.11 bits per heavy atom. The lowest BCUT2D eigenvalue weighted by Crippen LogP contribution is -2.05. The predicted octanol–water partition coefficient (Wildman–Crippen LogP) is 2.82. The van der Waals surface area contributed by atoms with E-state index < -0.39 is 0 Å². The Morgan fingerprint density at radius 3 is 2.79 bits per heavy atom. The monoisotopic (exact) mass is 276 g/mol. The molecule has 0 spiro atoms. The van der Waals surface area contributed by atoms with E-state index in [2.05, 4.69) is 15.1 Å². The molecule has 0 saturated carbocycles. The average Bonchev–Trinajstić information content (AvgIpc) is 2.94. The third kappa shape index (κ3) is 2.21. The van der Waals surface area contributed by atoms with Crippen molar-refractivity contribution in [3.05, 3.63) is 41.2 Å². The molecule has 0 radical (unpaired) electrons. The molecule has 98 valence electrons. The van der Waals surface area contributed by atoms with E-state index in [9.17, 15) is 0 Å². The molecule has 0 aliphatic carbocycles. The average molecular weight is 277 g/mol. The highest BCUT2D eigenvalue weighted by molar-refractivity contribution is 6.16. The zero-order valence-corrected chi connectivity index (χ0v) is 11.5. The van der Waals surface area contributed by atoms with Crippen molar-refractivity contribution in [2.45, 2.75) is 26.3 Å². The first-order valence-electron chi connectivity index (χ1n) is 5.98. The summed E-state index contributed by atoms with van der Waals surface area (Å²) in [4.78, 5) is 9.02. The van der Waals surface area contributed by atoms with E-state index in [4.69, 9.17) is 16.1 Å². The Labute approximate surface area is 115 Å². The maximum absolute atomic E-state index is 5.96. The molecule has 6 heteroatoms. The molecule has 3 aromatic heterocycles. The fourth-order valence-electron chi connectivity index (χ4n) is 2.07. The van der Waals surface area contributed by atoms with E-state index >= 15 is 0 Å². The Bertz CT molecular complexity index is 731. The Balaban J connectivity index is 2.12. The van der Waals surface area contributed by atoms with Crippen molar-refractivity contribution in [2.24, 2.45) is 0 Å². The van der Waals surface area contributed by atoms with Crippen LogP contribution < -0.4 is 0 Å². The minimum atomic E-state index is 0.340. The third-order valence-electron chi connectivity index (χ3n) is 2.93. The van der Waals surface area contributed by atoms with E-state index in [1.807, 2.05) is 36.6 Å². The quantitative estimate of drug-likeness (QED) is 0.690. The number of alkyl halides is 1. The van der Waals surface area contributed by atoms with E-state index in [0.717, 1.165) is 34.1 Å². The summed E-state index contributed by atoms with van der Waals surface area (Å²) in [6.07, 6.45) is 0. The summed E-state index contributed by atoms with van der Waals surface area (Å²) in [7, 11) is 0. The van der Waals surface area contributed by atoms with Gasteiger partial charge in [-0.2, -0.15) is 0 Å². The summed E-state index contributed by atoms with van der Waals surface area (Å²) in [6.45, 7) is 4.39. The number of pyridine rings is 1. The lowest BCUT2D eigenvalue weighted by atomic mass is 10.3. The first-order valence-corrected chi connectivity index (χ1v) is 6.52. The van der Waals surface area contributed by atoms with Gasteiger partial charge in [-0.25, -0.2) is 9.97 Å². The van der Waals surface area contributed by atoms with Gasteiger partial charge in [-0.3, -0.25) is 0 Å². The summed E-state index contributed by atoms with van der Waals surface area (Å²) in [5, 5.41) is 4.00. The van der Waals surface area contributed by atoms with Crippen LogP contribution in [0.4, 0.5) is 0 Å². The number of hydrogen-bond acceptors (Lipinski definition) is 4. The van der Waals surface area contributed by atoms with E-state index in [1.54, 1.807) is 0 Å². The van der Waals surface area contributed by atoms with Gasteiger partial charge in [0.2, 0.25) is 0 Å². The highest BCUT2D eigenvalue weighted by Crippen LogP contribution is 2.18. The maximum Gasteiger partial charge on any atom is 0.160 e. The molecule has 19 heavy (non-hydrogen) atoms. The molecule has 0 fully saturated rings. The topological polar surface area (TPSA) is 56.7 Å². The van der Waals surface area contributed by atoms with Gasteiger partial charge in [0.15, 0.2) is 5.65 Å². The molecule has 5 nitrogen and oxygen atoms in total. The van der Waals surface area contributed by atoms with Crippen LogP contribution in [0.5, 0.6) is 0 Å². The molecule has 0 unspecified atom stereocenters. The smallest absolute Gasteiger partial charge is 0.160 e. The van der Waals surface area contributed by atoms with E-state index in [-0.39, 0.29) is 0 Å². The largest absolute Gasteiger partial charge is 0.361 e. The summed E-state index contributed by atoms with van der Waals surface area (Å²) >= 11 is 5.96. The summed E-state index contributed by atoms with van der Waals surface area (Å²) in [5.74, 6) is 1.91. The summed E-state index contributed by atoms with van der Waals surface area (Å²) < 4.78 is 7.06. The van der Waals surface area contributed by atoms with Gasteiger partial charge in [-0.15, -0.1) is 11.6 Å². The van der Waals surface area contributed by atoms with Gasteiger partial charge in [0, 0.05) is 11.8 Å². The van der Waals surface area contributed by atoms with Crippen LogP contribution in [0.3, 0.4) is 0 Å². The number of hydrogen-bond donors (Lipinski definition) is 0. The number of fused-ring (bicyclic) bond motifs is 1. The van der Waals surface area contributed by atoms with E-state index in [0.29, 0.717) is 12.4 Å². The van der Waals surface area contributed by atoms with Crippen molar-refractivity contribution in [1.29, 1.82) is 0 Å². The second kappa shape index (κ2) is 4.66. The number of aryl methyl sites for hydroxylation is 2. The molecule has 0 aromatic carbocycles. The van der Waals surface area contributed by atoms with Gasteiger partial charge in [0.1, 0.15) is 22.8 Å². The van der Waals surface area contributed by atoms with Gasteiger partial charge < -0.3 is 9.09 Å². The minimum Gasteiger partial charge on any atom is -0.361 e. The second-order valence-corrected chi connectivity index (χ2v) is 4.74. The molecule has 0 aliphatic heterocycles. The van der Waals surface area contributed by atoms with Crippen LogP contribution in [0.2, 0.25) is 0 Å². The molecule has 3 aromatic rings. The van der Waals surface area contributed by atoms with Crippen LogP contribution in [0.25, 0.3) is 11.2 Å². The van der Waals surface area contributed by atoms with Gasteiger partial charge >= 0.3 is 0 Å². The number of aromatic nitrogens is 4. The lowest BCUT2D eigenvalue weighted by molar-refractivity contribution is 0.389. The molecule has 0 saturated heterocycles. The molecule has 3 heterocycles.